The van der Waals surface area contributed by atoms with E-state index in [9.17, 15) is 14.0 Å². The van der Waals surface area contributed by atoms with Crippen LogP contribution < -0.4 is 5.32 Å². The third kappa shape index (κ3) is 5.68. The van der Waals surface area contributed by atoms with Gasteiger partial charge < -0.3 is 10.2 Å². The molecule has 11 heteroatoms. The normalized spacial score (nSPS) is 14.6. The molecule has 5 rings (SSSR count). The predicted octanol–water partition coefficient (Wildman–Crippen LogP) is 4.43. The van der Waals surface area contributed by atoms with Gasteiger partial charge in [0.25, 0.3) is 0 Å². The molecule has 2 amide bonds. The van der Waals surface area contributed by atoms with Crippen LogP contribution in [0.5, 0.6) is 0 Å². The van der Waals surface area contributed by atoms with Crippen molar-refractivity contribution in [1.82, 2.24) is 30.4 Å². The summed E-state index contributed by atoms with van der Waals surface area (Å²) >= 11 is 2.99. The van der Waals surface area contributed by atoms with Gasteiger partial charge in [-0.3, -0.25) is 9.59 Å². The molecular weight excluding hydrogens is 499 g/mol. The van der Waals surface area contributed by atoms with Gasteiger partial charge in [0.1, 0.15) is 18.4 Å². The number of hydrogen-bond donors (Lipinski definition) is 1. The Balaban J connectivity index is 1.41. The van der Waals surface area contributed by atoms with Crippen molar-refractivity contribution >= 4 is 34.5 Å². The van der Waals surface area contributed by atoms with Crippen LogP contribution >= 0.6 is 22.7 Å². The SMILES string of the molecule is O=C(NC1CCCC1)C(c1cccs1)N(Cc1cccs1)C(=O)Cn1nnc(-c2ccc(F)cc2)n1. The molecule has 0 spiro atoms. The van der Waals surface area contributed by atoms with Crippen LogP contribution in [-0.4, -0.2) is 43.0 Å². The van der Waals surface area contributed by atoms with Gasteiger partial charge in [0.05, 0.1) is 6.54 Å². The van der Waals surface area contributed by atoms with Gasteiger partial charge in [-0.15, -0.1) is 32.9 Å². The number of carbonyl (C=O) groups is 2. The van der Waals surface area contributed by atoms with E-state index in [1.807, 2.05) is 35.0 Å². The lowest BCUT2D eigenvalue weighted by molar-refractivity contribution is -0.142. The van der Waals surface area contributed by atoms with Gasteiger partial charge >= 0.3 is 0 Å². The maximum absolute atomic E-state index is 13.7. The molecule has 0 saturated heterocycles. The lowest BCUT2D eigenvalue weighted by Gasteiger charge is -2.31. The van der Waals surface area contributed by atoms with E-state index < -0.39 is 6.04 Å². The van der Waals surface area contributed by atoms with Crippen LogP contribution in [0, 0.1) is 5.82 Å². The van der Waals surface area contributed by atoms with E-state index in [0.29, 0.717) is 11.4 Å². The van der Waals surface area contributed by atoms with Crippen molar-refractivity contribution in [2.45, 2.75) is 50.9 Å². The summed E-state index contributed by atoms with van der Waals surface area (Å²) < 4.78 is 13.3. The van der Waals surface area contributed by atoms with Crippen molar-refractivity contribution in [3.63, 3.8) is 0 Å². The topological polar surface area (TPSA) is 93.0 Å². The molecular formula is C25H25FN6O2S2. The molecule has 1 unspecified atom stereocenters. The highest BCUT2D eigenvalue weighted by molar-refractivity contribution is 7.10. The van der Waals surface area contributed by atoms with Gasteiger partial charge in [0, 0.05) is 21.4 Å². The summed E-state index contributed by atoms with van der Waals surface area (Å²) in [5.41, 5.74) is 0.595. The lowest BCUT2D eigenvalue weighted by atomic mass is 10.1. The number of amides is 2. The first-order chi connectivity index (χ1) is 17.6. The molecule has 36 heavy (non-hydrogen) atoms. The number of hydrogen-bond acceptors (Lipinski definition) is 7. The van der Waals surface area contributed by atoms with Gasteiger partial charge in [0.15, 0.2) is 0 Å². The zero-order chi connectivity index (χ0) is 24.9. The maximum Gasteiger partial charge on any atom is 0.248 e. The highest BCUT2D eigenvalue weighted by Gasteiger charge is 2.34. The Morgan fingerprint density at radius 2 is 1.83 bits per heavy atom. The lowest BCUT2D eigenvalue weighted by Crippen LogP contribution is -2.46. The maximum atomic E-state index is 13.7. The molecule has 1 saturated carbocycles. The van der Waals surface area contributed by atoms with Gasteiger partial charge in [-0.25, -0.2) is 4.39 Å². The van der Waals surface area contributed by atoms with Gasteiger partial charge in [-0.05, 0) is 65.2 Å². The molecule has 1 N–H and O–H groups in total. The molecule has 1 fully saturated rings. The van der Waals surface area contributed by atoms with E-state index in [2.05, 4.69) is 20.7 Å². The number of tetrazole rings is 1. The molecule has 186 valence electrons. The van der Waals surface area contributed by atoms with Crippen LogP contribution in [0.1, 0.15) is 41.5 Å². The summed E-state index contributed by atoms with van der Waals surface area (Å²) in [6.07, 6.45) is 4.11. The number of aromatic nitrogens is 4. The number of carbonyl (C=O) groups excluding carboxylic acids is 2. The van der Waals surface area contributed by atoms with Crippen LogP contribution in [0.3, 0.4) is 0 Å². The first-order valence-corrected chi connectivity index (χ1v) is 13.5. The molecule has 1 aliphatic carbocycles. The molecule has 3 aromatic heterocycles. The Bertz CT molecular complexity index is 1280. The minimum Gasteiger partial charge on any atom is -0.351 e. The third-order valence-electron chi connectivity index (χ3n) is 6.13. The first-order valence-electron chi connectivity index (χ1n) is 11.8. The number of benzene rings is 1. The highest BCUT2D eigenvalue weighted by Crippen LogP contribution is 2.30. The van der Waals surface area contributed by atoms with Crippen LogP contribution in [-0.2, 0) is 22.7 Å². The van der Waals surface area contributed by atoms with E-state index in [0.717, 1.165) is 35.4 Å². The van der Waals surface area contributed by atoms with Crippen LogP contribution in [0.2, 0.25) is 0 Å². The molecule has 3 heterocycles. The zero-order valence-corrected chi connectivity index (χ0v) is 21.1. The summed E-state index contributed by atoms with van der Waals surface area (Å²) in [5, 5.41) is 19.4. The van der Waals surface area contributed by atoms with Crippen LogP contribution in [0.25, 0.3) is 11.4 Å². The number of halogens is 1. The van der Waals surface area contributed by atoms with Crippen molar-refractivity contribution in [1.29, 1.82) is 0 Å². The van der Waals surface area contributed by atoms with E-state index in [1.165, 1.54) is 39.6 Å². The van der Waals surface area contributed by atoms with Crippen molar-refractivity contribution in [3.05, 3.63) is 74.9 Å². The molecule has 0 bridgehead atoms. The van der Waals surface area contributed by atoms with E-state index in [-0.39, 0.29) is 36.8 Å². The molecule has 8 nitrogen and oxygen atoms in total. The fourth-order valence-electron chi connectivity index (χ4n) is 4.35. The molecule has 1 aliphatic rings. The zero-order valence-electron chi connectivity index (χ0n) is 19.4. The number of thiophene rings is 2. The standard InChI is InChI=1S/C25H25FN6O2S2/c26-18-11-9-17(10-12-18)24-28-30-32(29-24)16-22(33)31(15-20-7-3-13-35-20)23(21-8-4-14-36-21)25(34)27-19-5-1-2-6-19/h3-4,7-14,19,23H,1-2,5-6,15-16H2,(H,27,34). The quantitative estimate of drug-likeness (QED) is 0.350. The minimum atomic E-state index is -0.764. The smallest absolute Gasteiger partial charge is 0.248 e. The Hall–Kier alpha value is -3.44. The predicted molar refractivity (Wildman–Crippen MR) is 136 cm³/mol. The summed E-state index contributed by atoms with van der Waals surface area (Å²) in [4.78, 5) is 31.8. The Morgan fingerprint density at radius 1 is 1.08 bits per heavy atom. The highest BCUT2D eigenvalue weighted by atomic mass is 32.1. The van der Waals surface area contributed by atoms with Gasteiger partial charge in [0.2, 0.25) is 17.6 Å². The third-order valence-corrected chi connectivity index (χ3v) is 7.92. The molecule has 1 aromatic carbocycles. The van der Waals surface area contributed by atoms with E-state index >= 15 is 0 Å². The summed E-state index contributed by atoms with van der Waals surface area (Å²) in [5.74, 6) is -0.540. The van der Waals surface area contributed by atoms with Crippen molar-refractivity contribution in [2.75, 3.05) is 0 Å². The van der Waals surface area contributed by atoms with Crippen molar-refractivity contribution < 1.29 is 14.0 Å². The van der Waals surface area contributed by atoms with Crippen molar-refractivity contribution in [3.8, 4) is 11.4 Å². The molecule has 0 radical (unpaired) electrons. The second-order valence-corrected chi connectivity index (χ2v) is 10.7. The summed E-state index contributed by atoms with van der Waals surface area (Å²) in [7, 11) is 0. The average molecular weight is 525 g/mol. The Labute approximate surface area is 215 Å². The molecule has 4 aromatic rings. The second kappa shape index (κ2) is 11.1. The monoisotopic (exact) mass is 524 g/mol. The van der Waals surface area contributed by atoms with Crippen molar-refractivity contribution in [2.24, 2.45) is 0 Å². The van der Waals surface area contributed by atoms with Crippen LogP contribution in [0.15, 0.2) is 59.3 Å². The number of rotatable bonds is 9. The Kier molecular flexibility index (Phi) is 7.47. The molecule has 0 aliphatic heterocycles. The Morgan fingerprint density at radius 3 is 2.53 bits per heavy atom. The average Bonchev–Trinajstić information content (AvgIpc) is 3.68. The van der Waals surface area contributed by atoms with E-state index in [4.69, 9.17) is 0 Å². The van der Waals surface area contributed by atoms with Crippen LogP contribution in [0.4, 0.5) is 4.39 Å². The fourth-order valence-corrected chi connectivity index (χ4v) is 5.89. The first kappa shape index (κ1) is 24.3. The number of nitrogens with one attached hydrogen (secondary N) is 1. The number of nitrogens with zero attached hydrogens (tertiary/aromatic N) is 5. The minimum absolute atomic E-state index is 0.133. The largest absolute Gasteiger partial charge is 0.351 e. The summed E-state index contributed by atoms with van der Waals surface area (Å²) in [6, 6.07) is 12.8. The van der Waals surface area contributed by atoms with E-state index in [1.54, 1.807) is 17.0 Å². The summed E-state index contributed by atoms with van der Waals surface area (Å²) in [6.45, 7) is 0.106. The molecule has 1 atom stereocenters. The fraction of sp³-hybridized carbons (Fsp3) is 0.320. The second-order valence-electron chi connectivity index (χ2n) is 8.66. The van der Waals surface area contributed by atoms with Gasteiger partial charge in [-0.2, -0.15) is 4.80 Å². The van der Waals surface area contributed by atoms with Gasteiger partial charge in [-0.1, -0.05) is 25.0 Å².